The summed E-state index contributed by atoms with van der Waals surface area (Å²) >= 11 is 7.47. The van der Waals surface area contributed by atoms with Crippen LogP contribution < -0.4 is 5.32 Å². The molecule has 1 heterocycles. The van der Waals surface area contributed by atoms with Gasteiger partial charge in [0.05, 0.1) is 11.4 Å². The average Bonchev–Trinajstić information content (AvgIpc) is 2.93. The van der Waals surface area contributed by atoms with Crippen molar-refractivity contribution in [2.24, 2.45) is 0 Å². The van der Waals surface area contributed by atoms with Crippen molar-refractivity contribution in [2.45, 2.75) is 13.3 Å². The van der Waals surface area contributed by atoms with E-state index in [1.165, 1.54) is 6.07 Å². The zero-order chi connectivity index (χ0) is 15.5. The van der Waals surface area contributed by atoms with E-state index < -0.39 is 0 Å². The van der Waals surface area contributed by atoms with Crippen molar-refractivity contribution >= 4 is 33.8 Å². The maximum atomic E-state index is 13.7. The smallest absolute Gasteiger partial charge is 0.188 e. The van der Waals surface area contributed by atoms with Crippen LogP contribution in [-0.2, 0) is 6.42 Å². The second kappa shape index (κ2) is 6.46. The highest BCUT2D eigenvalue weighted by Gasteiger charge is 2.13. The molecule has 3 aromatic rings. The molecular formula is C17H14ClFN2S. The minimum absolute atomic E-state index is 0.288. The van der Waals surface area contributed by atoms with E-state index >= 15 is 0 Å². The van der Waals surface area contributed by atoms with Gasteiger partial charge in [-0.15, -0.1) is 11.3 Å². The minimum atomic E-state index is -0.288. The number of para-hydroxylation sites is 1. The van der Waals surface area contributed by atoms with Crippen LogP contribution in [0.3, 0.4) is 0 Å². The first-order chi connectivity index (χ1) is 10.7. The number of benzene rings is 2. The summed E-state index contributed by atoms with van der Waals surface area (Å²) in [7, 11) is 0. The number of halogens is 2. The highest BCUT2D eigenvalue weighted by atomic mass is 35.5. The molecule has 0 radical (unpaired) electrons. The number of aryl methyl sites for hydroxylation is 1. The zero-order valence-electron chi connectivity index (χ0n) is 11.9. The molecule has 0 fully saturated rings. The van der Waals surface area contributed by atoms with Crippen molar-refractivity contribution in [1.82, 2.24) is 4.98 Å². The molecule has 0 saturated heterocycles. The van der Waals surface area contributed by atoms with Crippen LogP contribution in [0.5, 0.6) is 0 Å². The van der Waals surface area contributed by atoms with Crippen LogP contribution >= 0.6 is 22.9 Å². The summed E-state index contributed by atoms with van der Waals surface area (Å²) in [5.41, 5.74) is 2.36. The molecule has 0 spiro atoms. The number of hydrogen-bond acceptors (Lipinski definition) is 3. The largest absolute Gasteiger partial charge is 0.329 e. The predicted molar refractivity (Wildman–Crippen MR) is 91.6 cm³/mol. The first-order valence-corrected chi connectivity index (χ1v) is 8.14. The van der Waals surface area contributed by atoms with Crippen LogP contribution in [0.15, 0.2) is 48.5 Å². The Labute approximate surface area is 137 Å². The second-order valence-corrected chi connectivity index (χ2v) is 6.28. The Kier molecular flexibility index (Phi) is 4.41. The van der Waals surface area contributed by atoms with E-state index in [-0.39, 0.29) is 5.82 Å². The van der Waals surface area contributed by atoms with Crippen LogP contribution in [-0.4, -0.2) is 4.98 Å². The monoisotopic (exact) mass is 332 g/mol. The van der Waals surface area contributed by atoms with Gasteiger partial charge in [-0.05, 0) is 30.7 Å². The number of nitrogens with one attached hydrogen (secondary N) is 1. The lowest BCUT2D eigenvalue weighted by Gasteiger charge is -2.03. The fourth-order valence-electron chi connectivity index (χ4n) is 2.16. The van der Waals surface area contributed by atoms with Gasteiger partial charge in [-0.3, -0.25) is 0 Å². The van der Waals surface area contributed by atoms with Gasteiger partial charge >= 0.3 is 0 Å². The van der Waals surface area contributed by atoms with Crippen molar-refractivity contribution < 1.29 is 4.39 Å². The highest BCUT2D eigenvalue weighted by Crippen LogP contribution is 2.33. The van der Waals surface area contributed by atoms with Gasteiger partial charge in [-0.2, -0.15) is 0 Å². The van der Waals surface area contributed by atoms with Crippen molar-refractivity contribution in [1.29, 1.82) is 0 Å². The molecule has 22 heavy (non-hydrogen) atoms. The van der Waals surface area contributed by atoms with Crippen LogP contribution in [0.1, 0.15) is 11.8 Å². The minimum Gasteiger partial charge on any atom is -0.329 e. The van der Waals surface area contributed by atoms with E-state index in [1.54, 1.807) is 29.5 Å². The molecule has 0 aliphatic heterocycles. The van der Waals surface area contributed by atoms with Gasteiger partial charge in [-0.25, -0.2) is 9.37 Å². The Bertz CT molecular complexity index is 784. The summed E-state index contributed by atoms with van der Waals surface area (Å²) in [5, 5.41) is 4.44. The molecule has 2 nitrogen and oxygen atoms in total. The topological polar surface area (TPSA) is 24.9 Å². The van der Waals surface area contributed by atoms with Gasteiger partial charge in [0.1, 0.15) is 5.82 Å². The molecule has 0 bridgehead atoms. The van der Waals surface area contributed by atoms with Gasteiger partial charge in [-0.1, -0.05) is 42.8 Å². The predicted octanol–water partition coefficient (Wildman–Crippen LogP) is 5.91. The van der Waals surface area contributed by atoms with Crippen LogP contribution in [0, 0.1) is 5.82 Å². The van der Waals surface area contributed by atoms with E-state index in [0.29, 0.717) is 15.8 Å². The summed E-state index contributed by atoms with van der Waals surface area (Å²) in [6.45, 7) is 2.08. The number of aromatic nitrogens is 1. The summed E-state index contributed by atoms with van der Waals surface area (Å²) in [5.74, 6) is -0.288. The summed E-state index contributed by atoms with van der Waals surface area (Å²) in [4.78, 5) is 5.77. The first-order valence-electron chi connectivity index (χ1n) is 6.94. The molecule has 1 aromatic heterocycles. The second-order valence-electron chi connectivity index (χ2n) is 4.76. The van der Waals surface area contributed by atoms with Crippen molar-refractivity contribution in [3.8, 4) is 11.3 Å². The van der Waals surface area contributed by atoms with E-state index in [0.717, 1.165) is 22.6 Å². The van der Waals surface area contributed by atoms with Crippen LogP contribution in [0.25, 0.3) is 11.3 Å². The van der Waals surface area contributed by atoms with Gasteiger partial charge in [0, 0.05) is 15.5 Å². The van der Waals surface area contributed by atoms with Gasteiger partial charge in [0.15, 0.2) is 5.13 Å². The normalized spacial score (nSPS) is 10.7. The Morgan fingerprint density at radius 1 is 1.14 bits per heavy atom. The molecule has 112 valence electrons. The summed E-state index contributed by atoms with van der Waals surface area (Å²) in [6.07, 6.45) is 0.870. The molecule has 1 N–H and O–H groups in total. The molecule has 2 aromatic carbocycles. The maximum absolute atomic E-state index is 13.7. The molecule has 0 atom stereocenters. The molecule has 5 heteroatoms. The lowest BCUT2D eigenvalue weighted by Crippen LogP contribution is -1.92. The third-order valence-corrected chi connectivity index (χ3v) is 4.62. The summed E-state index contributed by atoms with van der Waals surface area (Å²) < 4.78 is 13.7. The van der Waals surface area contributed by atoms with Gasteiger partial charge < -0.3 is 5.32 Å². The lowest BCUT2D eigenvalue weighted by molar-refractivity contribution is 0.632. The van der Waals surface area contributed by atoms with Crippen LogP contribution in [0.4, 0.5) is 15.2 Å². The maximum Gasteiger partial charge on any atom is 0.188 e. The third kappa shape index (κ3) is 3.13. The van der Waals surface area contributed by atoms with E-state index in [4.69, 9.17) is 11.6 Å². The Balaban J connectivity index is 1.95. The fraction of sp³-hybridized carbons (Fsp3) is 0.118. The van der Waals surface area contributed by atoms with E-state index in [1.807, 2.05) is 24.3 Å². The fourth-order valence-corrected chi connectivity index (χ4v) is 3.22. The van der Waals surface area contributed by atoms with Crippen molar-refractivity contribution in [3.05, 3.63) is 64.2 Å². The molecule has 0 amide bonds. The molecular weight excluding hydrogens is 319 g/mol. The van der Waals surface area contributed by atoms with E-state index in [2.05, 4.69) is 17.2 Å². The Morgan fingerprint density at radius 3 is 2.55 bits per heavy atom. The molecule has 0 saturated carbocycles. The molecule has 0 aliphatic rings. The Morgan fingerprint density at radius 2 is 1.86 bits per heavy atom. The highest BCUT2D eigenvalue weighted by molar-refractivity contribution is 7.16. The lowest BCUT2D eigenvalue weighted by atomic mass is 10.1. The van der Waals surface area contributed by atoms with Gasteiger partial charge in [0.25, 0.3) is 0 Å². The van der Waals surface area contributed by atoms with Gasteiger partial charge in [0.2, 0.25) is 0 Å². The van der Waals surface area contributed by atoms with Crippen molar-refractivity contribution in [3.63, 3.8) is 0 Å². The number of rotatable bonds is 4. The molecule has 3 rings (SSSR count). The first kappa shape index (κ1) is 15.0. The SMILES string of the molecule is CCc1sc(Nc2ccccc2F)nc1-c1ccc(Cl)cc1. The number of thiazole rings is 1. The van der Waals surface area contributed by atoms with E-state index in [9.17, 15) is 4.39 Å². The Hall–Kier alpha value is -1.91. The standard InChI is InChI=1S/C17H14ClFN2S/c1-2-15-16(11-7-9-12(18)10-8-11)21-17(22-15)20-14-6-4-3-5-13(14)19/h3-10H,2H2,1H3,(H,20,21). The quantitative estimate of drug-likeness (QED) is 0.642. The van der Waals surface area contributed by atoms with Crippen molar-refractivity contribution in [2.75, 3.05) is 5.32 Å². The number of anilines is 2. The summed E-state index contributed by atoms with van der Waals surface area (Å²) in [6, 6.07) is 14.2. The number of nitrogens with zero attached hydrogens (tertiary/aromatic N) is 1. The molecule has 0 aliphatic carbocycles. The molecule has 0 unspecified atom stereocenters. The average molecular weight is 333 g/mol. The third-order valence-electron chi connectivity index (χ3n) is 3.25. The zero-order valence-corrected chi connectivity index (χ0v) is 13.5. The van der Waals surface area contributed by atoms with Crippen LogP contribution in [0.2, 0.25) is 5.02 Å². The number of hydrogen-bond donors (Lipinski definition) is 1.